The fraction of sp³-hybridized carbons (Fsp3) is 0.538. The van der Waals surface area contributed by atoms with E-state index in [9.17, 15) is 9.90 Å². The molecular weight excluding hydrogens is 386 g/mol. The first-order valence-electron chi connectivity index (χ1n) is 11.3. The van der Waals surface area contributed by atoms with Gasteiger partial charge < -0.3 is 9.67 Å². The standard InChI is InChI=1S/C26H35N3O2/c1-7-24-21(14-26(5,6)31)12-17(2)28(24)16-25(30)23-13-18(3)29(19(23)4)22-10-8-20(15-27)9-11-22/h8-11,13,17,21,24,31H,7,12,14,16H2,1-6H3/t17?,21-,24?/m1/s1. The van der Waals surface area contributed by atoms with E-state index in [1.807, 2.05) is 45.9 Å². The molecule has 31 heavy (non-hydrogen) atoms. The summed E-state index contributed by atoms with van der Waals surface area (Å²) in [5.41, 5.74) is 3.59. The Balaban J connectivity index is 1.83. The van der Waals surface area contributed by atoms with Crippen LogP contribution in [-0.2, 0) is 0 Å². The van der Waals surface area contributed by atoms with Crippen LogP contribution < -0.4 is 0 Å². The van der Waals surface area contributed by atoms with E-state index in [0.717, 1.165) is 41.9 Å². The number of aromatic nitrogens is 1. The highest BCUT2D eigenvalue weighted by atomic mass is 16.3. The van der Waals surface area contributed by atoms with Gasteiger partial charge in [0.15, 0.2) is 5.78 Å². The second kappa shape index (κ2) is 8.98. The van der Waals surface area contributed by atoms with Crippen LogP contribution in [0.4, 0.5) is 0 Å². The van der Waals surface area contributed by atoms with Crippen LogP contribution in [0.25, 0.3) is 5.69 Å². The summed E-state index contributed by atoms with van der Waals surface area (Å²) in [5.74, 6) is 0.543. The number of hydrogen-bond acceptors (Lipinski definition) is 4. The zero-order valence-electron chi connectivity index (χ0n) is 19.6. The monoisotopic (exact) mass is 421 g/mol. The Labute approximate surface area is 186 Å². The fourth-order valence-electron chi connectivity index (χ4n) is 5.41. The molecule has 0 radical (unpaired) electrons. The predicted molar refractivity (Wildman–Crippen MR) is 124 cm³/mol. The molecule has 0 aliphatic carbocycles. The van der Waals surface area contributed by atoms with Crippen LogP contribution in [0.3, 0.4) is 0 Å². The van der Waals surface area contributed by atoms with Gasteiger partial charge in [-0.15, -0.1) is 0 Å². The molecule has 5 nitrogen and oxygen atoms in total. The number of nitrogens with zero attached hydrogens (tertiary/aromatic N) is 3. The first-order valence-corrected chi connectivity index (χ1v) is 11.3. The average molecular weight is 422 g/mol. The molecule has 2 unspecified atom stereocenters. The lowest BCUT2D eigenvalue weighted by atomic mass is 9.86. The number of rotatable bonds is 7. The van der Waals surface area contributed by atoms with Crippen LogP contribution in [0.1, 0.15) is 74.3 Å². The maximum Gasteiger partial charge on any atom is 0.178 e. The first kappa shape index (κ1) is 23.2. The summed E-state index contributed by atoms with van der Waals surface area (Å²) in [6.45, 7) is 12.5. The second-order valence-electron chi connectivity index (χ2n) is 9.71. The summed E-state index contributed by atoms with van der Waals surface area (Å²) < 4.78 is 2.08. The molecule has 1 aliphatic heterocycles. The highest BCUT2D eigenvalue weighted by molar-refractivity contribution is 5.99. The van der Waals surface area contributed by atoms with E-state index in [-0.39, 0.29) is 5.78 Å². The minimum atomic E-state index is -0.691. The largest absolute Gasteiger partial charge is 0.390 e. The van der Waals surface area contributed by atoms with Gasteiger partial charge in [0, 0.05) is 34.7 Å². The van der Waals surface area contributed by atoms with Crippen LogP contribution in [0.2, 0.25) is 0 Å². The van der Waals surface area contributed by atoms with Gasteiger partial charge in [-0.05, 0) is 90.1 Å². The molecule has 1 aromatic carbocycles. The van der Waals surface area contributed by atoms with Crippen molar-refractivity contribution in [1.29, 1.82) is 5.26 Å². The number of hydrogen-bond donors (Lipinski definition) is 1. The first-order chi connectivity index (χ1) is 14.6. The van der Waals surface area contributed by atoms with Crippen LogP contribution in [0, 0.1) is 31.1 Å². The zero-order valence-corrected chi connectivity index (χ0v) is 19.6. The Morgan fingerprint density at radius 2 is 1.90 bits per heavy atom. The zero-order chi connectivity index (χ0) is 22.9. The number of benzene rings is 1. The van der Waals surface area contributed by atoms with Crippen molar-refractivity contribution in [1.82, 2.24) is 9.47 Å². The molecule has 0 saturated carbocycles. The van der Waals surface area contributed by atoms with Crippen molar-refractivity contribution in [3.63, 3.8) is 0 Å². The summed E-state index contributed by atoms with van der Waals surface area (Å²) in [7, 11) is 0. The van der Waals surface area contributed by atoms with Crippen LogP contribution in [-0.4, -0.2) is 44.6 Å². The Bertz CT molecular complexity index is 976. The molecule has 1 aromatic heterocycles. The van der Waals surface area contributed by atoms with Gasteiger partial charge in [0.2, 0.25) is 0 Å². The van der Waals surface area contributed by atoms with Gasteiger partial charge >= 0.3 is 0 Å². The smallest absolute Gasteiger partial charge is 0.178 e. The highest BCUT2D eigenvalue weighted by Crippen LogP contribution is 2.37. The van der Waals surface area contributed by atoms with Gasteiger partial charge in [-0.3, -0.25) is 9.69 Å². The minimum Gasteiger partial charge on any atom is -0.390 e. The summed E-state index contributed by atoms with van der Waals surface area (Å²) in [4.78, 5) is 15.7. The van der Waals surface area contributed by atoms with E-state index < -0.39 is 5.60 Å². The fourth-order valence-corrected chi connectivity index (χ4v) is 5.41. The molecular formula is C26H35N3O2. The molecule has 1 fully saturated rings. The molecule has 1 N–H and O–H groups in total. The lowest BCUT2D eigenvalue weighted by Gasteiger charge is -2.31. The SMILES string of the molecule is CCC1[C@@H](CC(C)(C)O)CC(C)N1CC(=O)c1cc(C)n(-c2ccc(C#N)cc2)c1C. The van der Waals surface area contributed by atoms with Crippen LogP contribution in [0.5, 0.6) is 0 Å². The molecule has 0 bridgehead atoms. The third-order valence-electron chi connectivity index (χ3n) is 6.67. The molecule has 0 spiro atoms. The molecule has 166 valence electrons. The van der Waals surface area contributed by atoms with Gasteiger partial charge in [-0.1, -0.05) is 6.92 Å². The van der Waals surface area contributed by atoms with E-state index in [0.29, 0.717) is 30.1 Å². The normalized spacial score (nSPS) is 21.9. The van der Waals surface area contributed by atoms with Gasteiger partial charge in [0.25, 0.3) is 0 Å². The van der Waals surface area contributed by atoms with Crippen molar-refractivity contribution >= 4 is 5.78 Å². The summed E-state index contributed by atoms with van der Waals surface area (Å²) in [6.07, 6.45) is 2.75. The molecule has 2 heterocycles. The number of nitriles is 1. The number of aliphatic hydroxyl groups is 1. The number of ketones is 1. The predicted octanol–water partition coefficient (Wildman–Crippen LogP) is 4.80. The third kappa shape index (κ3) is 4.92. The molecule has 0 amide bonds. The molecule has 3 atom stereocenters. The summed E-state index contributed by atoms with van der Waals surface area (Å²) in [5, 5.41) is 19.4. The van der Waals surface area contributed by atoms with Crippen LogP contribution in [0.15, 0.2) is 30.3 Å². The summed E-state index contributed by atoms with van der Waals surface area (Å²) in [6, 6.07) is 12.2. The van der Waals surface area contributed by atoms with E-state index >= 15 is 0 Å². The number of carbonyl (C=O) groups excluding carboxylic acids is 1. The van der Waals surface area contributed by atoms with E-state index in [2.05, 4.69) is 29.4 Å². The van der Waals surface area contributed by atoms with E-state index in [4.69, 9.17) is 5.26 Å². The number of aryl methyl sites for hydroxylation is 1. The van der Waals surface area contributed by atoms with Gasteiger partial charge in [0.1, 0.15) is 0 Å². The highest BCUT2D eigenvalue weighted by Gasteiger charge is 2.40. The van der Waals surface area contributed by atoms with Crippen molar-refractivity contribution in [3.8, 4) is 11.8 Å². The molecule has 5 heteroatoms. The molecule has 2 aromatic rings. The third-order valence-corrected chi connectivity index (χ3v) is 6.67. The Morgan fingerprint density at radius 1 is 1.26 bits per heavy atom. The lowest BCUT2D eigenvalue weighted by Crippen LogP contribution is -2.41. The maximum atomic E-state index is 13.4. The van der Waals surface area contributed by atoms with Gasteiger partial charge in [-0.25, -0.2) is 0 Å². The van der Waals surface area contributed by atoms with Crippen molar-refractivity contribution in [3.05, 3.63) is 52.8 Å². The Kier molecular flexibility index (Phi) is 6.73. The number of likely N-dealkylation sites (tertiary alicyclic amines) is 1. The van der Waals surface area contributed by atoms with Crippen molar-refractivity contribution in [2.75, 3.05) is 6.54 Å². The van der Waals surface area contributed by atoms with Crippen molar-refractivity contribution in [2.24, 2.45) is 5.92 Å². The van der Waals surface area contributed by atoms with Gasteiger partial charge in [-0.2, -0.15) is 5.26 Å². The summed E-state index contributed by atoms with van der Waals surface area (Å²) >= 11 is 0. The molecule has 1 saturated heterocycles. The van der Waals surface area contributed by atoms with E-state index in [1.54, 1.807) is 12.1 Å². The number of carbonyl (C=O) groups is 1. The molecule has 1 aliphatic rings. The Hall–Kier alpha value is -2.42. The van der Waals surface area contributed by atoms with Gasteiger partial charge in [0.05, 0.1) is 23.8 Å². The number of Topliss-reactive ketones (excluding diaryl/α,β-unsaturated/α-hetero) is 1. The molecule has 3 rings (SSSR count). The van der Waals surface area contributed by atoms with Crippen molar-refractivity contribution < 1.29 is 9.90 Å². The quantitative estimate of drug-likeness (QED) is 0.652. The van der Waals surface area contributed by atoms with Crippen LogP contribution >= 0.6 is 0 Å². The van der Waals surface area contributed by atoms with Crippen molar-refractivity contribution in [2.45, 2.75) is 78.5 Å². The van der Waals surface area contributed by atoms with E-state index in [1.165, 1.54) is 0 Å². The lowest BCUT2D eigenvalue weighted by molar-refractivity contribution is 0.0441. The minimum absolute atomic E-state index is 0.141. The maximum absolute atomic E-state index is 13.4. The second-order valence-corrected chi connectivity index (χ2v) is 9.71. The average Bonchev–Trinajstić information content (AvgIpc) is 3.15. The Morgan fingerprint density at radius 3 is 2.45 bits per heavy atom. The topological polar surface area (TPSA) is 69.3 Å².